The highest BCUT2D eigenvalue weighted by molar-refractivity contribution is 7.86. The lowest BCUT2D eigenvalue weighted by atomic mass is 10.0. The van der Waals surface area contributed by atoms with Gasteiger partial charge in [-0.05, 0) is 74.6 Å². The third kappa shape index (κ3) is 7.66. The Balaban J connectivity index is 1.30. The topological polar surface area (TPSA) is 110 Å². The van der Waals surface area contributed by atoms with E-state index in [2.05, 4.69) is 13.0 Å². The number of aryl methyl sites for hydroxylation is 2. The van der Waals surface area contributed by atoms with Crippen molar-refractivity contribution >= 4 is 26.7 Å². The second-order valence-corrected chi connectivity index (χ2v) is 12.3. The average molecular weight is 591 g/mol. The van der Waals surface area contributed by atoms with Crippen LogP contribution in [0.1, 0.15) is 43.7 Å². The lowest BCUT2D eigenvalue weighted by Crippen LogP contribution is -2.35. The Morgan fingerprint density at radius 1 is 1.00 bits per heavy atom. The lowest BCUT2D eigenvalue weighted by molar-refractivity contribution is -0.198. The van der Waals surface area contributed by atoms with Gasteiger partial charge in [0, 0.05) is 29.3 Å². The average Bonchev–Trinajstić information content (AvgIpc) is 2.99. The number of nitrogen functional groups attached to an aromatic ring is 1. The molecule has 1 aromatic heterocycles. The first-order valence-corrected chi connectivity index (χ1v) is 15.9. The quantitative estimate of drug-likeness (QED) is 0.148. The van der Waals surface area contributed by atoms with Gasteiger partial charge in [0.15, 0.2) is 6.29 Å². The zero-order valence-electron chi connectivity index (χ0n) is 24.1. The van der Waals surface area contributed by atoms with Gasteiger partial charge in [0.1, 0.15) is 18.5 Å². The van der Waals surface area contributed by atoms with Gasteiger partial charge in [0.25, 0.3) is 10.1 Å². The van der Waals surface area contributed by atoms with Crippen LogP contribution in [-0.2, 0) is 30.2 Å². The van der Waals surface area contributed by atoms with Gasteiger partial charge < -0.3 is 19.9 Å². The van der Waals surface area contributed by atoms with Gasteiger partial charge in [-0.1, -0.05) is 49.2 Å². The third-order valence-electron chi connectivity index (χ3n) is 7.23. The molecular formula is C33H38N2O6S. The number of nitrogens with two attached hydrogens (primary N) is 1. The molecular weight excluding hydrogens is 552 g/mol. The number of rotatable bonds is 12. The first-order chi connectivity index (χ1) is 20.3. The van der Waals surface area contributed by atoms with Gasteiger partial charge in [-0.2, -0.15) is 8.42 Å². The summed E-state index contributed by atoms with van der Waals surface area (Å²) in [7, 11) is -3.96. The van der Waals surface area contributed by atoms with Crippen LogP contribution in [0, 0.1) is 6.92 Å². The van der Waals surface area contributed by atoms with Crippen molar-refractivity contribution in [3.63, 3.8) is 0 Å². The Hall–Kier alpha value is -3.50. The fourth-order valence-electron chi connectivity index (χ4n) is 4.91. The van der Waals surface area contributed by atoms with E-state index in [4.69, 9.17) is 29.1 Å². The minimum absolute atomic E-state index is 0.0698. The predicted octanol–water partition coefficient (Wildman–Crippen LogP) is 6.44. The van der Waals surface area contributed by atoms with Gasteiger partial charge in [-0.25, -0.2) is 4.98 Å². The number of pyridine rings is 1. The van der Waals surface area contributed by atoms with E-state index in [1.165, 1.54) is 17.7 Å². The maximum absolute atomic E-state index is 12.8. The second kappa shape index (κ2) is 13.6. The number of fused-ring (bicyclic) bond motifs is 1. The van der Waals surface area contributed by atoms with Crippen LogP contribution in [0.25, 0.3) is 22.2 Å². The lowest BCUT2D eigenvalue weighted by Gasteiger charge is -2.27. The molecule has 222 valence electrons. The van der Waals surface area contributed by atoms with Crippen molar-refractivity contribution in [1.82, 2.24) is 4.98 Å². The number of hydrogen-bond donors (Lipinski definition) is 1. The summed E-state index contributed by atoms with van der Waals surface area (Å²) < 4.78 is 49.0. The number of aromatic nitrogens is 1. The van der Waals surface area contributed by atoms with Gasteiger partial charge >= 0.3 is 0 Å². The molecule has 3 aromatic carbocycles. The van der Waals surface area contributed by atoms with E-state index in [-0.39, 0.29) is 18.1 Å². The maximum Gasteiger partial charge on any atom is 0.297 e. The first kappa shape index (κ1) is 30.0. The van der Waals surface area contributed by atoms with Crippen molar-refractivity contribution < 1.29 is 26.8 Å². The van der Waals surface area contributed by atoms with Gasteiger partial charge in [-0.3, -0.25) is 4.18 Å². The standard InChI is InChI=1S/C33H38N2O6S/c1-3-6-24-10-16-29(30(34)19-24)31-17-12-25-11-13-26(20-32(25)35-31)39-21-27(41-33-7-4-5-18-38-33)22-40-42(36,37)28-14-8-23(2)9-15-28/h8-17,19-20,27,33H,3-7,18,21-22,34H2,1-2H3. The molecule has 8 nitrogen and oxygen atoms in total. The highest BCUT2D eigenvalue weighted by Crippen LogP contribution is 2.29. The maximum atomic E-state index is 12.8. The van der Waals surface area contributed by atoms with Crippen molar-refractivity contribution in [2.45, 2.75) is 63.2 Å². The fourth-order valence-corrected chi connectivity index (χ4v) is 5.85. The van der Waals surface area contributed by atoms with Crippen LogP contribution in [0.5, 0.6) is 5.75 Å². The Bertz CT molecular complexity index is 1600. The van der Waals surface area contributed by atoms with Gasteiger partial charge in [-0.15, -0.1) is 0 Å². The molecule has 1 aliphatic rings. The second-order valence-electron chi connectivity index (χ2n) is 10.6. The molecule has 42 heavy (non-hydrogen) atoms. The summed E-state index contributed by atoms with van der Waals surface area (Å²) in [6.45, 7) is 4.50. The van der Waals surface area contributed by atoms with Crippen LogP contribution in [0.3, 0.4) is 0 Å². The molecule has 0 amide bonds. The summed E-state index contributed by atoms with van der Waals surface area (Å²) in [5.41, 5.74) is 11.7. The highest BCUT2D eigenvalue weighted by atomic mass is 32.2. The summed E-state index contributed by atoms with van der Waals surface area (Å²) >= 11 is 0. The molecule has 0 aliphatic carbocycles. The number of hydrogen-bond acceptors (Lipinski definition) is 8. The molecule has 0 saturated carbocycles. The minimum atomic E-state index is -3.96. The van der Waals surface area contributed by atoms with E-state index in [0.717, 1.165) is 59.8 Å². The van der Waals surface area contributed by atoms with Crippen molar-refractivity contribution in [1.29, 1.82) is 0 Å². The van der Waals surface area contributed by atoms with Crippen LogP contribution in [0.2, 0.25) is 0 Å². The molecule has 1 aliphatic heterocycles. The van der Waals surface area contributed by atoms with Crippen molar-refractivity contribution in [3.05, 3.63) is 83.9 Å². The Morgan fingerprint density at radius 2 is 1.81 bits per heavy atom. The smallest absolute Gasteiger partial charge is 0.297 e. The van der Waals surface area contributed by atoms with E-state index >= 15 is 0 Å². The third-order valence-corrected chi connectivity index (χ3v) is 8.53. The SMILES string of the molecule is CCCc1ccc(-c2ccc3ccc(OCC(COS(=O)(=O)c4ccc(C)cc4)OC4CCCCO4)cc3n2)c(N)c1. The van der Waals surface area contributed by atoms with Crippen LogP contribution in [-0.4, -0.2) is 45.6 Å². The molecule has 5 rings (SSSR count). The molecule has 1 fully saturated rings. The number of ether oxygens (including phenoxy) is 3. The van der Waals surface area contributed by atoms with Crippen molar-refractivity contribution in [3.8, 4) is 17.0 Å². The summed E-state index contributed by atoms with van der Waals surface area (Å²) in [5.74, 6) is 0.581. The molecule has 1 saturated heterocycles. The molecule has 0 bridgehead atoms. The fraction of sp³-hybridized carbons (Fsp3) is 0.364. The molecule has 2 heterocycles. The largest absolute Gasteiger partial charge is 0.491 e. The summed E-state index contributed by atoms with van der Waals surface area (Å²) in [4.78, 5) is 4.95. The molecule has 0 spiro atoms. The molecule has 2 atom stereocenters. The Labute approximate surface area is 247 Å². The van der Waals surface area contributed by atoms with E-state index in [1.807, 2.05) is 49.4 Å². The summed E-state index contributed by atoms with van der Waals surface area (Å²) in [5, 5.41) is 0.961. The van der Waals surface area contributed by atoms with Crippen LogP contribution < -0.4 is 10.5 Å². The zero-order chi connectivity index (χ0) is 29.5. The normalized spacial score (nSPS) is 16.4. The van der Waals surface area contributed by atoms with Crippen LogP contribution >= 0.6 is 0 Å². The van der Waals surface area contributed by atoms with Crippen LogP contribution in [0.15, 0.2) is 77.7 Å². The van der Waals surface area contributed by atoms with E-state index in [0.29, 0.717) is 18.0 Å². The predicted molar refractivity (Wildman–Crippen MR) is 164 cm³/mol. The molecule has 4 aromatic rings. The Kier molecular flexibility index (Phi) is 9.74. The number of anilines is 1. The summed E-state index contributed by atoms with van der Waals surface area (Å²) in [6.07, 6.45) is 3.61. The molecule has 2 N–H and O–H groups in total. The van der Waals surface area contributed by atoms with E-state index < -0.39 is 22.5 Å². The molecule has 9 heteroatoms. The highest BCUT2D eigenvalue weighted by Gasteiger charge is 2.24. The molecule has 0 radical (unpaired) electrons. The van der Waals surface area contributed by atoms with E-state index in [1.54, 1.807) is 12.1 Å². The van der Waals surface area contributed by atoms with Gasteiger partial charge in [0.2, 0.25) is 0 Å². The monoisotopic (exact) mass is 590 g/mol. The Morgan fingerprint density at radius 3 is 2.55 bits per heavy atom. The molecule has 2 unspecified atom stereocenters. The zero-order valence-corrected chi connectivity index (χ0v) is 24.9. The first-order valence-electron chi connectivity index (χ1n) is 14.5. The number of benzene rings is 3. The number of nitrogens with zero attached hydrogens (tertiary/aromatic N) is 1. The minimum Gasteiger partial charge on any atom is -0.491 e. The van der Waals surface area contributed by atoms with E-state index in [9.17, 15) is 8.42 Å². The van der Waals surface area contributed by atoms with Crippen molar-refractivity contribution in [2.75, 3.05) is 25.6 Å². The summed E-state index contributed by atoms with van der Waals surface area (Å²) in [6, 6.07) is 22.3. The van der Waals surface area contributed by atoms with Crippen molar-refractivity contribution in [2.24, 2.45) is 0 Å². The van der Waals surface area contributed by atoms with Gasteiger partial charge in [0.05, 0.1) is 22.7 Å². The van der Waals surface area contributed by atoms with Crippen LogP contribution in [0.4, 0.5) is 5.69 Å².